The number of hydrogen-bond acceptors (Lipinski definition) is 8. The van der Waals surface area contributed by atoms with Crippen LogP contribution in [0, 0.1) is 0 Å². The molecule has 0 bridgehead atoms. The number of aliphatic imine (C=N–C) groups is 1. The lowest BCUT2D eigenvalue weighted by Gasteiger charge is -2.32. The van der Waals surface area contributed by atoms with Gasteiger partial charge < -0.3 is 19.3 Å². The number of azide groups is 1. The van der Waals surface area contributed by atoms with Crippen LogP contribution >= 0.6 is 23.2 Å². The van der Waals surface area contributed by atoms with E-state index in [-0.39, 0.29) is 25.5 Å². The van der Waals surface area contributed by atoms with E-state index in [1.54, 1.807) is 49.6 Å². The molecule has 0 aliphatic carbocycles. The van der Waals surface area contributed by atoms with Crippen LogP contribution < -0.4 is 20.3 Å². The number of halogens is 2. The maximum absolute atomic E-state index is 14.6. The van der Waals surface area contributed by atoms with Crippen molar-refractivity contribution in [1.82, 2.24) is 10.9 Å². The summed E-state index contributed by atoms with van der Waals surface area (Å²) in [5.41, 5.74) is 17.1. The molecule has 4 aromatic rings. The minimum Gasteiger partial charge on any atom is -0.497 e. The van der Waals surface area contributed by atoms with Crippen LogP contribution in [0.2, 0.25) is 10.0 Å². The van der Waals surface area contributed by atoms with Gasteiger partial charge in [0.25, 0.3) is 5.91 Å². The molecule has 0 radical (unpaired) electrons. The molecule has 13 heteroatoms. The third-order valence-electron chi connectivity index (χ3n) is 8.03. The van der Waals surface area contributed by atoms with Gasteiger partial charge in [-0.25, -0.2) is 10.4 Å². The van der Waals surface area contributed by atoms with Crippen molar-refractivity contribution >= 4 is 35.0 Å². The van der Waals surface area contributed by atoms with Crippen molar-refractivity contribution in [2.24, 2.45) is 10.1 Å². The molecule has 0 unspecified atom stereocenters. The van der Waals surface area contributed by atoms with Crippen molar-refractivity contribution in [2.75, 3.05) is 26.9 Å². The fraction of sp³-hybridized carbons (Fsp3) is 0.278. The first-order valence-electron chi connectivity index (χ1n) is 15.7. The number of hydrazine groups is 1. The van der Waals surface area contributed by atoms with Gasteiger partial charge in [-0.1, -0.05) is 70.8 Å². The normalized spacial score (nSPS) is 16.7. The van der Waals surface area contributed by atoms with Crippen LogP contribution in [0.15, 0.2) is 101 Å². The summed E-state index contributed by atoms with van der Waals surface area (Å²) in [6, 6.07) is 27.3. The summed E-state index contributed by atoms with van der Waals surface area (Å²) in [5.74, 6) is 1.14. The van der Waals surface area contributed by atoms with Crippen molar-refractivity contribution < 1.29 is 24.1 Å². The Balaban J connectivity index is 1.53. The van der Waals surface area contributed by atoms with Gasteiger partial charge in [0.15, 0.2) is 11.6 Å². The molecule has 3 N–H and O–H groups in total. The topological polar surface area (TPSA) is 150 Å². The van der Waals surface area contributed by atoms with Crippen LogP contribution in [-0.2, 0) is 28.9 Å². The second-order valence-electron chi connectivity index (χ2n) is 11.3. The summed E-state index contributed by atoms with van der Waals surface area (Å²) >= 11 is 13.1. The molecular weight excluding hydrogens is 667 g/mol. The number of amides is 1. The van der Waals surface area contributed by atoms with E-state index in [0.29, 0.717) is 52.9 Å². The Morgan fingerprint density at radius 2 is 1.84 bits per heavy atom. The van der Waals surface area contributed by atoms with Crippen LogP contribution in [0.1, 0.15) is 40.3 Å². The Hall–Kier alpha value is -4.77. The van der Waals surface area contributed by atoms with Gasteiger partial charge in [-0.15, -0.1) is 0 Å². The van der Waals surface area contributed by atoms with Gasteiger partial charge in [0.05, 0.1) is 20.3 Å². The van der Waals surface area contributed by atoms with Gasteiger partial charge in [-0.3, -0.25) is 10.2 Å². The Morgan fingerprint density at radius 1 is 1.04 bits per heavy atom. The molecule has 11 nitrogen and oxygen atoms in total. The van der Waals surface area contributed by atoms with Gasteiger partial charge in [-0.05, 0) is 77.2 Å². The second kappa shape index (κ2) is 17.1. The largest absolute Gasteiger partial charge is 0.497 e. The van der Waals surface area contributed by atoms with E-state index in [1.807, 2.05) is 48.5 Å². The molecule has 1 aliphatic heterocycles. The summed E-state index contributed by atoms with van der Waals surface area (Å²) in [5, 5.41) is 13.6. The molecule has 2 atom stereocenters. The average Bonchev–Trinajstić information content (AvgIpc) is 3.50. The molecule has 4 aromatic carbocycles. The molecule has 1 amide bonds. The van der Waals surface area contributed by atoms with Crippen molar-refractivity contribution in [3.05, 3.63) is 139 Å². The zero-order chi connectivity index (χ0) is 34.6. The van der Waals surface area contributed by atoms with Crippen LogP contribution in [0.4, 0.5) is 0 Å². The molecule has 5 rings (SSSR count). The predicted molar refractivity (Wildman–Crippen MR) is 189 cm³/mol. The molecule has 1 heterocycles. The lowest BCUT2D eigenvalue weighted by atomic mass is 9.81. The molecule has 0 saturated heterocycles. The highest BCUT2D eigenvalue weighted by atomic mass is 35.5. The molecule has 1 aliphatic rings. The van der Waals surface area contributed by atoms with Crippen LogP contribution in [0.25, 0.3) is 10.4 Å². The summed E-state index contributed by atoms with van der Waals surface area (Å²) in [4.78, 5) is 22.6. The standard InChI is InChI=1S/C36H36Cl2N6O5/c1-47-30-9-4-6-24(20-30)16-17-40-43-35(46)36(22-26-7-2-3-8-27(26)23-41-44-39)33(31-15-12-28(37)21-32(31)38)49-34(42-36)25-10-13-29(14-11-25)48-19-5-18-45/h2-4,6-15,20-21,33,40,45H,5,16-19,22-23H2,1H3,(H,43,46)/t33-,36-/m0/s1. The van der Waals surface area contributed by atoms with Gasteiger partial charge in [0, 0.05) is 52.1 Å². The van der Waals surface area contributed by atoms with E-state index < -0.39 is 17.6 Å². The first kappa shape index (κ1) is 35.5. The smallest absolute Gasteiger partial charge is 0.266 e. The maximum atomic E-state index is 14.6. The molecule has 254 valence electrons. The second-order valence-corrected chi connectivity index (χ2v) is 12.1. The minimum atomic E-state index is -1.57. The lowest BCUT2D eigenvalue weighted by molar-refractivity contribution is -0.130. The van der Waals surface area contributed by atoms with Crippen molar-refractivity contribution in [3.63, 3.8) is 0 Å². The highest BCUT2D eigenvalue weighted by Gasteiger charge is 2.54. The third-order valence-corrected chi connectivity index (χ3v) is 8.59. The summed E-state index contributed by atoms with van der Waals surface area (Å²) in [7, 11) is 1.62. The van der Waals surface area contributed by atoms with E-state index in [1.165, 1.54) is 0 Å². The number of nitrogens with one attached hydrogen (secondary N) is 2. The Bertz CT molecular complexity index is 1830. The van der Waals surface area contributed by atoms with E-state index in [4.69, 9.17) is 53.0 Å². The average molecular weight is 704 g/mol. The van der Waals surface area contributed by atoms with Crippen LogP contribution in [0.5, 0.6) is 11.5 Å². The van der Waals surface area contributed by atoms with Gasteiger partial charge >= 0.3 is 0 Å². The SMILES string of the molecule is COc1cccc(CCNNC(=O)[C@@]2(Cc3ccccc3CN=[N+]=[N-])N=C(c3ccc(OCCCO)cc3)O[C@H]2c2ccc(Cl)cc2Cl)c1. The number of benzene rings is 4. The highest BCUT2D eigenvalue weighted by Crippen LogP contribution is 2.45. The minimum absolute atomic E-state index is 0.0311. The number of hydrogen-bond donors (Lipinski definition) is 3. The molecule has 49 heavy (non-hydrogen) atoms. The third kappa shape index (κ3) is 8.83. The highest BCUT2D eigenvalue weighted by molar-refractivity contribution is 6.35. The molecule has 0 saturated carbocycles. The maximum Gasteiger partial charge on any atom is 0.266 e. The molecule has 0 spiro atoms. The number of carbonyl (C=O) groups excluding carboxylic acids is 1. The Kier molecular flexibility index (Phi) is 12.4. The first-order chi connectivity index (χ1) is 23.9. The zero-order valence-electron chi connectivity index (χ0n) is 26.8. The summed E-state index contributed by atoms with van der Waals surface area (Å²) < 4.78 is 17.6. The molecule has 0 fully saturated rings. The van der Waals surface area contributed by atoms with Crippen molar-refractivity contribution in [2.45, 2.75) is 37.5 Å². The fourth-order valence-electron chi connectivity index (χ4n) is 5.54. The van der Waals surface area contributed by atoms with Crippen molar-refractivity contribution in [3.8, 4) is 11.5 Å². The number of nitrogens with zero attached hydrogens (tertiary/aromatic N) is 4. The number of rotatable bonds is 16. The van der Waals surface area contributed by atoms with E-state index >= 15 is 0 Å². The van der Waals surface area contributed by atoms with Gasteiger partial charge in [-0.2, -0.15) is 0 Å². The number of aliphatic hydroxyl groups is 1. The van der Waals surface area contributed by atoms with Crippen molar-refractivity contribution in [1.29, 1.82) is 0 Å². The van der Waals surface area contributed by atoms with Gasteiger partial charge in [0.1, 0.15) is 11.5 Å². The Labute approximate surface area is 294 Å². The molecular formula is C36H36Cl2N6O5. The first-order valence-corrected chi connectivity index (χ1v) is 16.4. The van der Waals surface area contributed by atoms with Gasteiger partial charge in [0.2, 0.25) is 5.90 Å². The zero-order valence-corrected chi connectivity index (χ0v) is 28.3. The summed E-state index contributed by atoms with van der Waals surface area (Å²) in [6.45, 7) is 0.909. The van der Waals surface area contributed by atoms with E-state index in [2.05, 4.69) is 20.9 Å². The number of carbonyl (C=O) groups is 1. The molecule has 0 aromatic heterocycles. The van der Waals surface area contributed by atoms with E-state index in [0.717, 1.165) is 22.4 Å². The number of aliphatic hydroxyl groups excluding tert-OH is 1. The predicted octanol–water partition coefficient (Wildman–Crippen LogP) is 6.94. The van der Waals surface area contributed by atoms with Crippen LogP contribution in [-0.4, -0.2) is 49.3 Å². The van der Waals surface area contributed by atoms with E-state index in [9.17, 15) is 4.79 Å². The monoisotopic (exact) mass is 702 g/mol. The quantitative estimate of drug-likeness (QED) is 0.0379. The lowest BCUT2D eigenvalue weighted by Crippen LogP contribution is -2.54. The number of methoxy groups -OCH3 is 1. The summed E-state index contributed by atoms with van der Waals surface area (Å²) in [6.07, 6.45) is 0.237. The van der Waals surface area contributed by atoms with Crippen LogP contribution in [0.3, 0.4) is 0 Å². The number of ether oxygens (including phenoxy) is 3. The Morgan fingerprint density at radius 3 is 2.57 bits per heavy atom. The fourth-order valence-corrected chi connectivity index (χ4v) is 6.05.